The minimum absolute atomic E-state index is 0. The Morgan fingerprint density at radius 2 is 2.07 bits per heavy atom. The topological polar surface area (TPSA) is 71.0 Å². The van der Waals surface area contributed by atoms with E-state index >= 15 is 0 Å². The number of nitrogens with zero attached hydrogens (tertiary/aromatic N) is 3. The number of anilines is 1. The Hall–Kier alpha value is -1.94. The van der Waals surface area contributed by atoms with Gasteiger partial charge >= 0.3 is 0 Å². The van der Waals surface area contributed by atoms with Crippen molar-refractivity contribution in [1.82, 2.24) is 15.6 Å². The summed E-state index contributed by atoms with van der Waals surface area (Å²) >= 11 is 6.27. The van der Waals surface area contributed by atoms with E-state index in [1.807, 2.05) is 30.3 Å². The predicted molar refractivity (Wildman–Crippen MR) is 128 cm³/mol. The molecule has 0 radical (unpaired) electrons. The fourth-order valence-electron chi connectivity index (χ4n) is 3.24. The van der Waals surface area contributed by atoms with Gasteiger partial charge in [-0.2, -0.15) is 0 Å². The van der Waals surface area contributed by atoms with Crippen LogP contribution in [0.2, 0.25) is 5.02 Å². The van der Waals surface area contributed by atoms with Crippen LogP contribution in [0.15, 0.2) is 41.5 Å². The number of hydrogen-bond donors (Lipinski definition) is 2. The third kappa shape index (κ3) is 6.02. The summed E-state index contributed by atoms with van der Waals surface area (Å²) in [5.41, 5.74) is 1.08. The molecule has 0 spiro atoms. The number of nitrogens with one attached hydrogen (secondary N) is 2. The fraction of sp³-hybridized carbons (Fsp3) is 0.400. The number of halogens is 2. The molecule has 1 fully saturated rings. The molecule has 2 heterocycles. The molecule has 1 aliphatic rings. The van der Waals surface area contributed by atoms with E-state index in [4.69, 9.17) is 21.1 Å². The van der Waals surface area contributed by atoms with Crippen LogP contribution in [0, 0.1) is 0 Å². The Labute approximate surface area is 193 Å². The number of benzene rings is 1. The quantitative estimate of drug-likeness (QED) is 0.339. The number of aliphatic imine (C=N–C) groups is 1. The summed E-state index contributed by atoms with van der Waals surface area (Å²) < 4.78 is 10.6. The number of hydrogen-bond acceptors (Lipinski definition) is 5. The van der Waals surface area contributed by atoms with Crippen molar-refractivity contribution in [2.45, 2.75) is 19.0 Å². The molecule has 1 aromatic heterocycles. The predicted octanol–water partition coefficient (Wildman–Crippen LogP) is 3.31. The van der Waals surface area contributed by atoms with Gasteiger partial charge in [-0.15, -0.1) is 24.0 Å². The van der Waals surface area contributed by atoms with E-state index in [1.165, 1.54) is 0 Å². The molecular weight excluding hydrogens is 505 g/mol. The minimum atomic E-state index is 0. The Kier molecular flexibility index (Phi) is 9.09. The molecule has 0 aliphatic carbocycles. The number of aromatic nitrogens is 1. The van der Waals surface area contributed by atoms with Crippen molar-refractivity contribution >= 4 is 47.4 Å². The van der Waals surface area contributed by atoms with Gasteiger partial charge in [0.15, 0.2) is 17.5 Å². The van der Waals surface area contributed by atoms with E-state index in [0.717, 1.165) is 36.9 Å². The summed E-state index contributed by atoms with van der Waals surface area (Å²) in [7, 11) is 5.03. The first-order valence-corrected chi connectivity index (χ1v) is 9.56. The largest absolute Gasteiger partial charge is 0.493 e. The molecule has 3 rings (SSSR count). The van der Waals surface area contributed by atoms with Crippen LogP contribution in [0.5, 0.6) is 11.5 Å². The van der Waals surface area contributed by atoms with Gasteiger partial charge in [-0.25, -0.2) is 4.98 Å². The van der Waals surface area contributed by atoms with E-state index in [9.17, 15) is 0 Å². The summed E-state index contributed by atoms with van der Waals surface area (Å²) in [6.07, 6.45) is 2.76. The smallest absolute Gasteiger partial charge is 0.191 e. The summed E-state index contributed by atoms with van der Waals surface area (Å²) in [4.78, 5) is 10.9. The van der Waals surface area contributed by atoms with Crippen molar-refractivity contribution < 1.29 is 9.47 Å². The van der Waals surface area contributed by atoms with E-state index in [1.54, 1.807) is 27.5 Å². The van der Waals surface area contributed by atoms with Gasteiger partial charge in [0.25, 0.3) is 0 Å². The Morgan fingerprint density at radius 1 is 1.28 bits per heavy atom. The van der Waals surface area contributed by atoms with Crippen LogP contribution in [0.1, 0.15) is 12.0 Å². The number of rotatable bonds is 6. The van der Waals surface area contributed by atoms with E-state index in [2.05, 4.69) is 25.5 Å². The van der Waals surface area contributed by atoms with E-state index < -0.39 is 0 Å². The molecule has 9 heteroatoms. The molecule has 1 aromatic carbocycles. The second-order valence-electron chi connectivity index (χ2n) is 6.50. The zero-order valence-electron chi connectivity index (χ0n) is 16.8. The lowest BCUT2D eigenvalue weighted by atomic mass is 10.2. The maximum absolute atomic E-state index is 6.27. The van der Waals surface area contributed by atoms with Crippen LogP contribution >= 0.6 is 35.6 Å². The number of methoxy groups -OCH3 is 2. The maximum atomic E-state index is 6.27. The Bertz CT molecular complexity index is 836. The first-order valence-electron chi connectivity index (χ1n) is 9.18. The third-order valence-corrected chi connectivity index (χ3v) is 4.99. The average Bonchev–Trinajstić information content (AvgIpc) is 3.19. The molecule has 1 atom stereocenters. The number of pyridine rings is 1. The molecule has 7 nitrogen and oxygen atoms in total. The highest BCUT2D eigenvalue weighted by molar-refractivity contribution is 14.0. The summed E-state index contributed by atoms with van der Waals surface area (Å²) in [6, 6.07) is 9.85. The first-order chi connectivity index (χ1) is 13.6. The van der Waals surface area contributed by atoms with Gasteiger partial charge in [-0.3, -0.25) is 4.99 Å². The second-order valence-corrected chi connectivity index (χ2v) is 6.91. The SMILES string of the molecule is CN=C(NCc1ccc(OC)c(OC)c1)NC1CCN(c2ncccc2Cl)C1.I. The van der Waals surface area contributed by atoms with Gasteiger partial charge < -0.3 is 25.0 Å². The summed E-state index contributed by atoms with van der Waals surface area (Å²) in [5.74, 6) is 3.02. The molecule has 0 saturated carbocycles. The fourth-order valence-corrected chi connectivity index (χ4v) is 3.49. The summed E-state index contributed by atoms with van der Waals surface area (Å²) in [5, 5.41) is 7.51. The lowest BCUT2D eigenvalue weighted by Gasteiger charge is -2.20. The van der Waals surface area contributed by atoms with Crippen LogP contribution < -0.4 is 25.0 Å². The first kappa shape index (κ1) is 23.3. The van der Waals surface area contributed by atoms with E-state index in [0.29, 0.717) is 23.1 Å². The highest BCUT2D eigenvalue weighted by atomic mass is 127. The molecule has 1 saturated heterocycles. The van der Waals surface area contributed by atoms with Crippen molar-refractivity contribution in [2.75, 3.05) is 39.3 Å². The minimum Gasteiger partial charge on any atom is -0.493 e. The molecule has 0 bridgehead atoms. The standard InChI is InChI=1S/C20H26ClN5O2.HI/c1-22-20(24-12-14-6-7-17(27-2)18(11-14)28-3)25-15-8-10-26(13-15)19-16(21)5-4-9-23-19;/h4-7,9,11,15H,8,10,12-13H2,1-3H3,(H2,22,24,25);1H. The van der Waals surface area contributed by atoms with Crippen molar-refractivity contribution in [3.8, 4) is 11.5 Å². The second kappa shape index (κ2) is 11.3. The van der Waals surface area contributed by atoms with Gasteiger partial charge in [0, 0.05) is 38.9 Å². The monoisotopic (exact) mass is 531 g/mol. The van der Waals surface area contributed by atoms with Gasteiger partial charge in [-0.05, 0) is 36.2 Å². The maximum Gasteiger partial charge on any atom is 0.191 e. The lowest BCUT2D eigenvalue weighted by Crippen LogP contribution is -2.44. The highest BCUT2D eigenvalue weighted by Crippen LogP contribution is 2.27. The summed E-state index contributed by atoms with van der Waals surface area (Å²) in [6.45, 7) is 2.36. The van der Waals surface area contributed by atoms with Gasteiger partial charge in [0.1, 0.15) is 5.82 Å². The molecule has 1 aliphatic heterocycles. The van der Waals surface area contributed by atoms with Gasteiger partial charge in [0.2, 0.25) is 0 Å². The zero-order valence-corrected chi connectivity index (χ0v) is 19.9. The molecule has 1 unspecified atom stereocenters. The number of guanidine groups is 1. The van der Waals surface area contributed by atoms with Crippen LogP contribution in [0.3, 0.4) is 0 Å². The van der Waals surface area contributed by atoms with Crippen molar-refractivity contribution in [3.63, 3.8) is 0 Å². The van der Waals surface area contributed by atoms with Gasteiger partial charge in [0.05, 0.1) is 19.2 Å². The Balaban J connectivity index is 0.00000300. The molecule has 2 N–H and O–H groups in total. The van der Waals surface area contributed by atoms with Crippen LogP contribution in [-0.2, 0) is 6.54 Å². The number of ether oxygens (including phenoxy) is 2. The van der Waals surface area contributed by atoms with Crippen molar-refractivity contribution in [3.05, 3.63) is 47.1 Å². The van der Waals surface area contributed by atoms with Gasteiger partial charge in [-0.1, -0.05) is 17.7 Å². The normalized spacial score (nSPS) is 16.2. The highest BCUT2D eigenvalue weighted by Gasteiger charge is 2.25. The van der Waals surface area contributed by atoms with E-state index in [-0.39, 0.29) is 30.0 Å². The van der Waals surface area contributed by atoms with Crippen LogP contribution in [-0.4, -0.2) is 51.3 Å². The third-order valence-electron chi connectivity index (χ3n) is 4.70. The zero-order chi connectivity index (χ0) is 19.9. The van der Waals surface area contributed by atoms with Crippen LogP contribution in [0.25, 0.3) is 0 Å². The molecule has 2 aromatic rings. The Morgan fingerprint density at radius 3 is 2.76 bits per heavy atom. The van der Waals surface area contributed by atoms with Crippen molar-refractivity contribution in [1.29, 1.82) is 0 Å². The van der Waals surface area contributed by atoms with Crippen LogP contribution in [0.4, 0.5) is 5.82 Å². The molecule has 0 amide bonds. The molecular formula is C20H27ClIN5O2. The van der Waals surface area contributed by atoms with Crippen molar-refractivity contribution in [2.24, 2.45) is 4.99 Å². The molecule has 158 valence electrons. The molecule has 29 heavy (non-hydrogen) atoms. The lowest BCUT2D eigenvalue weighted by molar-refractivity contribution is 0.354. The average molecular weight is 532 g/mol.